The molecule has 0 saturated carbocycles. The Morgan fingerprint density at radius 3 is 1.89 bits per heavy atom. The Kier molecular flexibility index (Phi) is 10.1. The maximum absolute atomic E-state index is 12.9. The molecule has 0 aromatic heterocycles. The molecule has 2 atom stereocenters. The molecule has 0 aliphatic carbocycles. The number of phenolic OH excluding ortho intramolecular Hbond substituents is 1. The summed E-state index contributed by atoms with van der Waals surface area (Å²) in [5, 5.41) is 28.0. The fraction of sp³-hybridized carbons (Fsp3) is 0.286. The number of benzene rings is 2. The first-order chi connectivity index (χ1) is 16.0. The lowest BCUT2D eigenvalue weighted by Crippen LogP contribution is -2.50. The maximum Gasteiger partial charge on any atom is 0.490 e. The minimum Gasteiger partial charge on any atom is -0.507 e. The molecule has 14 heteroatoms. The Morgan fingerprint density at radius 2 is 1.43 bits per heavy atom. The first-order valence-electron chi connectivity index (χ1n) is 9.54. The molecule has 35 heavy (non-hydrogen) atoms. The van der Waals surface area contributed by atoms with E-state index in [2.05, 4.69) is 5.32 Å². The van der Waals surface area contributed by atoms with Gasteiger partial charge in [0.05, 0.1) is 11.6 Å². The molecule has 2 aromatic carbocycles. The molecule has 2 rings (SSSR count). The number of hydrogen-bond acceptors (Lipinski definition) is 5. The standard InChI is InChI=1S/C19H19F3N2O4.C2HF3O2/c20-19(21,22)13-8-12(6-7-16(13)25)10-15(18(27)28)24-17(26)14(23)9-11-4-2-1-3-5-11;3-2(4,5)1(6)7/h1-8,14-15,25H,9-10,23H2,(H,24,26)(H,27,28);(H,6,7)/t14-,15-;/m0./s1. The summed E-state index contributed by atoms with van der Waals surface area (Å²) in [5.41, 5.74) is 5.31. The number of hydrogen-bond donors (Lipinski definition) is 5. The van der Waals surface area contributed by atoms with Crippen LogP contribution >= 0.6 is 0 Å². The zero-order chi connectivity index (χ0) is 27.0. The van der Waals surface area contributed by atoms with Crippen LogP contribution in [0.1, 0.15) is 16.7 Å². The molecule has 0 fully saturated rings. The van der Waals surface area contributed by atoms with Crippen LogP contribution in [0.25, 0.3) is 0 Å². The Morgan fingerprint density at radius 1 is 0.886 bits per heavy atom. The van der Waals surface area contributed by atoms with Gasteiger partial charge in [-0.2, -0.15) is 26.3 Å². The highest BCUT2D eigenvalue weighted by molar-refractivity contribution is 5.87. The fourth-order valence-corrected chi connectivity index (χ4v) is 2.61. The number of carboxylic acids is 2. The lowest BCUT2D eigenvalue weighted by molar-refractivity contribution is -0.192. The molecule has 0 saturated heterocycles. The highest BCUT2D eigenvalue weighted by atomic mass is 19.4. The quantitative estimate of drug-likeness (QED) is 0.360. The largest absolute Gasteiger partial charge is 0.507 e. The van der Waals surface area contributed by atoms with Crippen molar-refractivity contribution < 1.29 is 56.0 Å². The van der Waals surface area contributed by atoms with Crippen LogP contribution < -0.4 is 11.1 Å². The van der Waals surface area contributed by atoms with Crippen molar-refractivity contribution in [2.75, 3.05) is 0 Å². The van der Waals surface area contributed by atoms with Gasteiger partial charge in [-0.05, 0) is 29.7 Å². The van der Waals surface area contributed by atoms with Gasteiger partial charge < -0.3 is 26.4 Å². The SMILES string of the molecule is N[C@@H](Cc1ccccc1)C(=O)N[C@@H](Cc1ccc(O)c(C(F)(F)F)c1)C(=O)O.O=C(O)C(F)(F)F. The van der Waals surface area contributed by atoms with E-state index in [-0.39, 0.29) is 12.0 Å². The van der Waals surface area contributed by atoms with Crippen LogP contribution in [0.5, 0.6) is 5.75 Å². The third kappa shape index (κ3) is 9.92. The molecule has 0 bridgehead atoms. The number of nitrogens with two attached hydrogens (primary N) is 1. The summed E-state index contributed by atoms with van der Waals surface area (Å²) in [4.78, 5) is 32.6. The number of rotatable bonds is 7. The van der Waals surface area contributed by atoms with Crippen LogP contribution in [0, 0.1) is 0 Å². The average Bonchev–Trinajstić information content (AvgIpc) is 2.74. The van der Waals surface area contributed by atoms with Crippen molar-refractivity contribution in [3.63, 3.8) is 0 Å². The number of amides is 1. The van der Waals surface area contributed by atoms with Crippen LogP contribution in [0.15, 0.2) is 48.5 Å². The highest BCUT2D eigenvalue weighted by Crippen LogP contribution is 2.36. The predicted octanol–water partition coefficient (Wildman–Crippen LogP) is 2.73. The lowest BCUT2D eigenvalue weighted by Gasteiger charge is -2.19. The topological polar surface area (TPSA) is 150 Å². The van der Waals surface area contributed by atoms with E-state index in [9.17, 15) is 46.1 Å². The third-order valence-corrected chi connectivity index (χ3v) is 4.30. The third-order valence-electron chi connectivity index (χ3n) is 4.30. The van der Waals surface area contributed by atoms with Gasteiger partial charge in [0, 0.05) is 6.42 Å². The Balaban J connectivity index is 0.000000762. The van der Waals surface area contributed by atoms with Crippen molar-refractivity contribution in [1.29, 1.82) is 0 Å². The van der Waals surface area contributed by atoms with E-state index in [0.717, 1.165) is 17.7 Å². The van der Waals surface area contributed by atoms with Crippen molar-refractivity contribution in [2.24, 2.45) is 5.73 Å². The number of nitrogens with one attached hydrogen (secondary N) is 1. The molecule has 0 aliphatic rings. The molecule has 0 aliphatic heterocycles. The van der Waals surface area contributed by atoms with Crippen molar-refractivity contribution >= 4 is 17.8 Å². The average molecular weight is 510 g/mol. The summed E-state index contributed by atoms with van der Waals surface area (Å²) in [6.07, 6.45) is -10.1. The second-order valence-corrected chi connectivity index (χ2v) is 7.05. The first kappa shape index (κ1) is 29.2. The normalized spacial score (nSPS) is 13.1. The van der Waals surface area contributed by atoms with Crippen LogP contribution in [-0.4, -0.2) is 51.4 Å². The van der Waals surface area contributed by atoms with Gasteiger partial charge in [0.15, 0.2) is 0 Å². The van der Waals surface area contributed by atoms with Crippen LogP contribution in [0.2, 0.25) is 0 Å². The number of alkyl halides is 6. The summed E-state index contributed by atoms with van der Waals surface area (Å²) in [5.74, 6) is -5.86. The summed E-state index contributed by atoms with van der Waals surface area (Å²) in [6.45, 7) is 0. The summed E-state index contributed by atoms with van der Waals surface area (Å²) >= 11 is 0. The van der Waals surface area contributed by atoms with Gasteiger partial charge in [-0.25, -0.2) is 9.59 Å². The number of aromatic hydroxyl groups is 1. The number of aliphatic carboxylic acids is 2. The minimum atomic E-state index is -5.08. The number of carbonyl (C=O) groups is 3. The van der Waals surface area contributed by atoms with Crippen molar-refractivity contribution in [1.82, 2.24) is 5.32 Å². The predicted molar refractivity (Wildman–Crippen MR) is 108 cm³/mol. The monoisotopic (exact) mass is 510 g/mol. The first-order valence-corrected chi connectivity index (χ1v) is 9.54. The number of carbonyl (C=O) groups excluding carboxylic acids is 1. The van der Waals surface area contributed by atoms with E-state index < -0.39 is 60.0 Å². The second-order valence-electron chi connectivity index (χ2n) is 7.05. The molecule has 1 amide bonds. The summed E-state index contributed by atoms with van der Waals surface area (Å²) in [7, 11) is 0. The minimum absolute atomic E-state index is 0.00513. The van der Waals surface area contributed by atoms with E-state index in [0.29, 0.717) is 6.07 Å². The number of phenols is 1. The smallest absolute Gasteiger partial charge is 0.490 e. The molecule has 0 spiro atoms. The Hall–Kier alpha value is -3.81. The molecular weight excluding hydrogens is 490 g/mol. The lowest BCUT2D eigenvalue weighted by atomic mass is 10.0. The zero-order valence-corrected chi connectivity index (χ0v) is 17.6. The van der Waals surface area contributed by atoms with Gasteiger partial charge in [0.25, 0.3) is 0 Å². The maximum atomic E-state index is 12.9. The van der Waals surface area contributed by atoms with E-state index >= 15 is 0 Å². The van der Waals surface area contributed by atoms with Gasteiger partial charge in [0.2, 0.25) is 5.91 Å². The molecule has 192 valence electrons. The van der Waals surface area contributed by atoms with Gasteiger partial charge in [-0.15, -0.1) is 0 Å². The summed E-state index contributed by atoms with van der Waals surface area (Å²) in [6, 6.07) is 9.01. The van der Waals surface area contributed by atoms with Crippen molar-refractivity contribution in [3.05, 3.63) is 65.2 Å². The Bertz CT molecular complexity index is 1030. The van der Waals surface area contributed by atoms with E-state index in [1.54, 1.807) is 30.3 Å². The number of halogens is 6. The molecule has 0 radical (unpaired) electrons. The van der Waals surface area contributed by atoms with E-state index in [1.807, 2.05) is 0 Å². The van der Waals surface area contributed by atoms with E-state index in [4.69, 9.17) is 15.6 Å². The molecule has 0 unspecified atom stereocenters. The van der Waals surface area contributed by atoms with Gasteiger partial charge >= 0.3 is 24.3 Å². The summed E-state index contributed by atoms with van der Waals surface area (Å²) < 4.78 is 70.4. The van der Waals surface area contributed by atoms with E-state index in [1.165, 1.54) is 0 Å². The van der Waals surface area contributed by atoms with Crippen LogP contribution in [-0.2, 0) is 33.4 Å². The second kappa shape index (κ2) is 12.1. The molecule has 8 nitrogen and oxygen atoms in total. The zero-order valence-electron chi connectivity index (χ0n) is 17.6. The van der Waals surface area contributed by atoms with Crippen molar-refractivity contribution in [2.45, 2.75) is 37.3 Å². The molecule has 6 N–H and O–H groups in total. The number of carboxylic acid groups (broad SMARTS) is 2. The molecular formula is C21H20F6N2O6. The van der Waals surface area contributed by atoms with Gasteiger partial charge in [0.1, 0.15) is 11.8 Å². The van der Waals surface area contributed by atoms with Crippen LogP contribution in [0.3, 0.4) is 0 Å². The highest BCUT2D eigenvalue weighted by Gasteiger charge is 2.38. The van der Waals surface area contributed by atoms with Crippen molar-refractivity contribution in [3.8, 4) is 5.75 Å². The van der Waals surface area contributed by atoms with Gasteiger partial charge in [-0.1, -0.05) is 36.4 Å². The Labute approximate surface area is 194 Å². The fourth-order valence-electron chi connectivity index (χ4n) is 2.61. The van der Waals surface area contributed by atoms with Crippen LogP contribution in [0.4, 0.5) is 26.3 Å². The van der Waals surface area contributed by atoms with Gasteiger partial charge in [-0.3, -0.25) is 4.79 Å². The molecule has 2 aromatic rings. The molecule has 0 heterocycles.